The van der Waals surface area contributed by atoms with Crippen LogP contribution in [0.2, 0.25) is 0 Å². The summed E-state index contributed by atoms with van der Waals surface area (Å²) in [5.41, 5.74) is 2.42. The van der Waals surface area contributed by atoms with E-state index in [1.54, 1.807) is 30.8 Å². The van der Waals surface area contributed by atoms with Crippen molar-refractivity contribution in [3.8, 4) is 5.75 Å². The van der Waals surface area contributed by atoms with Crippen molar-refractivity contribution in [3.05, 3.63) is 45.9 Å². The highest BCUT2D eigenvalue weighted by atomic mass is 32.1. The number of methoxy groups -OCH3 is 1. The number of ether oxygens (including phenoxy) is 1. The highest BCUT2D eigenvalue weighted by Crippen LogP contribution is 2.33. The first-order valence-electron chi connectivity index (χ1n) is 5.47. The van der Waals surface area contributed by atoms with E-state index in [-0.39, 0.29) is 6.04 Å². The summed E-state index contributed by atoms with van der Waals surface area (Å²) in [4.78, 5) is 5.40. The molecule has 2 rings (SSSR count). The Morgan fingerprint density at radius 1 is 1.41 bits per heavy atom. The average molecular weight is 248 g/mol. The molecule has 0 radical (unpaired) electrons. The first-order valence-corrected chi connectivity index (χ1v) is 6.35. The van der Waals surface area contributed by atoms with E-state index in [1.807, 2.05) is 13.1 Å². The Bertz CT molecular complexity index is 496. The predicted octanol–water partition coefficient (Wildman–Crippen LogP) is 2.77. The van der Waals surface area contributed by atoms with E-state index in [4.69, 9.17) is 4.74 Å². The molecule has 0 fully saturated rings. The van der Waals surface area contributed by atoms with Gasteiger partial charge in [0.15, 0.2) is 0 Å². The zero-order valence-corrected chi connectivity index (χ0v) is 11.0. The average Bonchev–Trinajstić information content (AvgIpc) is 2.78. The lowest BCUT2D eigenvalue weighted by Crippen LogP contribution is -2.18. The molecule has 0 amide bonds. The number of thiophene rings is 1. The third kappa shape index (κ3) is 2.33. The van der Waals surface area contributed by atoms with Crippen LogP contribution in [0.1, 0.15) is 22.0 Å². The van der Waals surface area contributed by atoms with Crippen molar-refractivity contribution in [2.45, 2.75) is 13.0 Å². The van der Waals surface area contributed by atoms with Gasteiger partial charge in [-0.3, -0.25) is 4.98 Å². The Hall–Kier alpha value is -1.39. The molecule has 1 N–H and O–H groups in total. The first kappa shape index (κ1) is 12.1. The van der Waals surface area contributed by atoms with Gasteiger partial charge in [-0.1, -0.05) is 0 Å². The number of hydrogen-bond donors (Lipinski definition) is 1. The third-order valence-corrected chi connectivity index (χ3v) is 3.88. The van der Waals surface area contributed by atoms with Crippen molar-refractivity contribution in [2.75, 3.05) is 14.2 Å². The molecule has 2 aromatic rings. The topological polar surface area (TPSA) is 34.2 Å². The summed E-state index contributed by atoms with van der Waals surface area (Å²) in [6.07, 6.45) is 3.55. The van der Waals surface area contributed by atoms with Gasteiger partial charge in [0.05, 0.1) is 19.3 Å². The lowest BCUT2D eigenvalue weighted by Gasteiger charge is -2.18. The van der Waals surface area contributed by atoms with Gasteiger partial charge in [-0.2, -0.15) is 0 Å². The highest BCUT2D eigenvalue weighted by Gasteiger charge is 2.19. The van der Waals surface area contributed by atoms with Crippen molar-refractivity contribution in [3.63, 3.8) is 0 Å². The number of pyridine rings is 1. The van der Waals surface area contributed by atoms with E-state index in [2.05, 4.69) is 28.7 Å². The number of aromatic nitrogens is 1. The van der Waals surface area contributed by atoms with E-state index in [0.717, 1.165) is 11.3 Å². The van der Waals surface area contributed by atoms with Gasteiger partial charge in [0.25, 0.3) is 0 Å². The predicted molar refractivity (Wildman–Crippen MR) is 70.7 cm³/mol. The minimum absolute atomic E-state index is 0.160. The first-order chi connectivity index (χ1) is 8.27. The zero-order valence-electron chi connectivity index (χ0n) is 10.2. The Balaban J connectivity index is 2.46. The fraction of sp³-hybridized carbons (Fsp3) is 0.308. The Morgan fingerprint density at radius 2 is 2.24 bits per heavy atom. The van der Waals surface area contributed by atoms with Gasteiger partial charge in [0, 0.05) is 16.6 Å². The van der Waals surface area contributed by atoms with Gasteiger partial charge >= 0.3 is 0 Å². The molecule has 2 heterocycles. The minimum Gasteiger partial charge on any atom is -0.495 e. The van der Waals surface area contributed by atoms with E-state index in [1.165, 1.54) is 10.4 Å². The van der Waals surface area contributed by atoms with Crippen LogP contribution in [-0.4, -0.2) is 19.1 Å². The second kappa shape index (κ2) is 5.29. The van der Waals surface area contributed by atoms with Gasteiger partial charge < -0.3 is 10.1 Å². The highest BCUT2D eigenvalue weighted by molar-refractivity contribution is 7.10. The molecular formula is C13H16N2OS. The smallest absolute Gasteiger partial charge is 0.142 e. The molecule has 1 unspecified atom stereocenters. The molecule has 2 aromatic heterocycles. The van der Waals surface area contributed by atoms with Crippen LogP contribution >= 0.6 is 11.3 Å². The quantitative estimate of drug-likeness (QED) is 0.903. The molecule has 0 aliphatic carbocycles. The van der Waals surface area contributed by atoms with Crippen molar-refractivity contribution in [1.82, 2.24) is 10.3 Å². The summed E-state index contributed by atoms with van der Waals surface area (Å²) in [6, 6.07) is 4.30. The minimum atomic E-state index is 0.160. The van der Waals surface area contributed by atoms with E-state index in [9.17, 15) is 0 Å². The summed E-state index contributed by atoms with van der Waals surface area (Å²) in [5.74, 6) is 0.819. The maximum Gasteiger partial charge on any atom is 0.142 e. The van der Waals surface area contributed by atoms with Crippen LogP contribution in [-0.2, 0) is 0 Å². The maximum atomic E-state index is 5.37. The summed E-state index contributed by atoms with van der Waals surface area (Å²) in [7, 11) is 3.64. The Morgan fingerprint density at radius 3 is 2.82 bits per heavy atom. The molecule has 1 atom stereocenters. The summed E-state index contributed by atoms with van der Waals surface area (Å²) >= 11 is 1.76. The summed E-state index contributed by atoms with van der Waals surface area (Å²) in [6.45, 7) is 2.13. The lowest BCUT2D eigenvalue weighted by atomic mass is 10.0. The molecule has 17 heavy (non-hydrogen) atoms. The monoisotopic (exact) mass is 248 g/mol. The van der Waals surface area contributed by atoms with E-state index < -0.39 is 0 Å². The van der Waals surface area contributed by atoms with Crippen molar-refractivity contribution >= 4 is 11.3 Å². The maximum absolute atomic E-state index is 5.37. The Kier molecular flexibility index (Phi) is 3.76. The number of rotatable bonds is 4. The van der Waals surface area contributed by atoms with Crippen LogP contribution in [0.15, 0.2) is 29.9 Å². The number of nitrogens with one attached hydrogen (secondary N) is 1. The standard InChI is InChI=1S/C13H16N2OS/c1-9-5-7-17-13(9)12(14-2)10-4-6-15-8-11(10)16-3/h4-8,12,14H,1-3H3. The van der Waals surface area contributed by atoms with E-state index in [0.29, 0.717) is 0 Å². The molecule has 0 aromatic carbocycles. The third-order valence-electron chi connectivity index (χ3n) is 2.80. The van der Waals surface area contributed by atoms with Crippen LogP contribution in [0.3, 0.4) is 0 Å². The molecule has 0 aliphatic rings. The van der Waals surface area contributed by atoms with E-state index >= 15 is 0 Å². The number of hydrogen-bond acceptors (Lipinski definition) is 4. The summed E-state index contributed by atoms with van der Waals surface area (Å²) in [5, 5.41) is 5.45. The fourth-order valence-corrected chi connectivity index (χ4v) is 2.96. The van der Waals surface area contributed by atoms with Gasteiger partial charge in [0.1, 0.15) is 5.75 Å². The van der Waals surface area contributed by atoms with Gasteiger partial charge in [-0.15, -0.1) is 11.3 Å². The number of nitrogens with zero attached hydrogens (tertiary/aromatic N) is 1. The van der Waals surface area contributed by atoms with Gasteiger partial charge in [-0.05, 0) is 37.0 Å². The SMILES string of the molecule is CNC(c1ccncc1OC)c1sccc1C. The second-order valence-corrected chi connectivity index (χ2v) is 4.75. The van der Waals surface area contributed by atoms with Crippen molar-refractivity contribution < 1.29 is 4.74 Å². The van der Waals surface area contributed by atoms with Crippen LogP contribution in [0, 0.1) is 6.92 Å². The van der Waals surface area contributed by atoms with Gasteiger partial charge in [0.2, 0.25) is 0 Å². The molecule has 0 spiro atoms. The fourth-order valence-electron chi connectivity index (χ4n) is 1.91. The van der Waals surface area contributed by atoms with Crippen molar-refractivity contribution in [2.24, 2.45) is 0 Å². The molecule has 4 heteroatoms. The van der Waals surface area contributed by atoms with Crippen LogP contribution in [0.4, 0.5) is 0 Å². The van der Waals surface area contributed by atoms with Crippen molar-refractivity contribution in [1.29, 1.82) is 0 Å². The Labute approximate surface area is 105 Å². The second-order valence-electron chi connectivity index (χ2n) is 3.81. The van der Waals surface area contributed by atoms with Crippen LogP contribution < -0.4 is 10.1 Å². The molecule has 0 saturated heterocycles. The van der Waals surface area contributed by atoms with Crippen LogP contribution in [0.5, 0.6) is 5.75 Å². The zero-order chi connectivity index (χ0) is 12.3. The summed E-state index contributed by atoms with van der Waals surface area (Å²) < 4.78 is 5.37. The molecule has 90 valence electrons. The molecular weight excluding hydrogens is 232 g/mol. The molecule has 0 saturated carbocycles. The normalized spacial score (nSPS) is 12.4. The van der Waals surface area contributed by atoms with Gasteiger partial charge in [-0.25, -0.2) is 0 Å². The lowest BCUT2D eigenvalue weighted by molar-refractivity contribution is 0.403. The molecule has 0 aliphatic heterocycles. The number of aryl methyl sites for hydroxylation is 1. The molecule has 0 bridgehead atoms. The van der Waals surface area contributed by atoms with Crippen LogP contribution in [0.25, 0.3) is 0 Å². The largest absolute Gasteiger partial charge is 0.495 e. The molecule has 3 nitrogen and oxygen atoms in total.